The molecule has 0 spiro atoms. The number of carbonyl (C=O) groups excluding carboxylic acids is 2. The standard InChI is InChI=1S/C11H7BrF3N3O2/c12-6-1-2-8(7(5-6)11(13,14)15)18-10(20)9(19)17-4-3-16/h1-2,5H,4H2,(H,17,19)(H,18,20). The van der Waals surface area contributed by atoms with Crippen molar-refractivity contribution < 1.29 is 22.8 Å². The lowest BCUT2D eigenvalue weighted by molar-refractivity contribution is -0.138. The van der Waals surface area contributed by atoms with Crippen LogP contribution < -0.4 is 10.6 Å². The maximum atomic E-state index is 12.8. The van der Waals surface area contributed by atoms with E-state index < -0.39 is 35.8 Å². The number of halogens is 4. The van der Waals surface area contributed by atoms with Gasteiger partial charge < -0.3 is 10.6 Å². The van der Waals surface area contributed by atoms with Crippen LogP contribution in [0.15, 0.2) is 22.7 Å². The van der Waals surface area contributed by atoms with Gasteiger partial charge in [0.1, 0.15) is 6.54 Å². The highest BCUT2D eigenvalue weighted by Gasteiger charge is 2.34. The van der Waals surface area contributed by atoms with Crippen LogP contribution in [0.3, 0.4) is 0 Å². The smallest absolute Gasteiger partial charge is 0.335 e. The van der Waals surface area contributed by atoms with Gasteiger partial charge in [-0.25, -0.2) is 0 Å². The van der Waals surface area contributed by atoms with E-state index in [0.717, 1.165) is 12.1 Å². The topological polar surface area (TPSA) is 82.0 Å². The van der Waals surface area contributed by atoms with Crippen molar-refractivity contribution in [1.29, 1.82) is 5.26 Å². The van der Waals surface area contributed by atoms with Gasteiger partial charge in [0.2, 0.25) is 0 Å². The molecule has 5 nitrogen and oxygen atoms in total. The van der Waals surface area contributed by atoms with Gasteiger partial charge >= 0.3 is 18.0 Å². The van der Waals surface area contributed by atoms with Crippen molar-refractivity contribution in [1.82, 2.24) is 5.32 Å². The number of hydrogen-bond donors (Lipinski definition) is 2. The highest BCUT2D eigenvalue weighted by atomic mass is 79.9. The van der Waals surface area contributed by atoms with Gasteiger partial charge in [0.05, 0.1) is 17.3 Å². The largest absolute Gasteiger partial charge is 0.418 e. The molecule has 0 aliphatic carbocycles. The molecule has 0 bridgehead atoms. The highest BCUT2D eigenvalue weighted by molar-refractivity contribution is 9.10. The second-order valence-corrected chi connectivity index (χ2v) is 4.40. The zero-order valence-corrected chi connectivity index (χ0v) is 11.3. The molecule has 0 unspecified atom stereocenters. The van der Waals surface area contributed by atoms with Crippen molar-refractivity contribution in [2.24, 2.45) is 0 Å². The second kappa shape index (κ2) is 6.38. The van der Waals surface area contributed by atoms with Gasteiger partial charge in [-0.2, -0.15) is 18.4 Å². The fourth-order valence-electron chi connectivity index (χ4n) is 1.24. The summed E-state index contributed by atoms with van der Waals surface area (Å²) in [6.07, 6.45) is -4.68. The Morgan fingerprint density at radius 2 is 1.95 bits per heavy atom. The lowest BCUT2D eigenvalue weighted by Crippen LogP contribution is -2.36. The van der Waals surface area contributed by atoms with Gasteiger partial charge in [-0.1, -0.05) is 15.9 Å². The molecule has 0 heterocycles. The molecule has 0 fully saturated rings. The molecule has 106 valence electrons. The molecular weight excluding hydrogens is 343 g/mol. The molecule has 1 aromatic carbocycles. The molecule has 0 atom stereocenters. The summed E-state index contributed by atoms with van der Waals surface area (Å²) in [7, 11) is 0. The van der Waals surface area contributed by atoms with Crippen molar-refractivity contribution in [3.63, 3.8) is 0 Å². The Labute approximate surface area is 119 Å². The number of anilines is 1. The summed E-state index contributed by atoms with van der Waals surface area (Å²) in [6.45, 7) is -0.418. The zero-order chi connectivity index (χ0) is 15.3. The molecule has 1 rings (SSSR count). The summed E-state index contributed by atoms with van der Waals surface area (Å²) >= 11 is 2.89. The van der Waals surface area contributed by atoms with Gasteiger partial charge in [0.15, 0.2) is 0 Å². The predicted molar refractivity (Wildman–Crippen MR) is 66.4 cm³/mol. The van der Waals surface area contributed by atoms with Crippen molar-refractivity contribution in [3.8, 4) is 6.07 Å². The summed E-state index contributed by atoms with van der Waals surface area (Å²) in [5.74, 6) is -2.48. The average Bonchev–Trinajstić information content (AvgIpc) is 2.36. The fourth-order valence-corrected chi connectivity index (χ4v) is 1.60. The van der Waals surface area contributed by atoms with Gasteiger partial charge in [-0.05, 0) is 18.2 Å². The Kier molecular flexibility index (Phi) is 5.10. The third-order valence-corrected chi connectivity index (χ3v) is 2.56. The number of amides is 2. The molecule has 0 aliphatic heterocycles. The first-order chi connectivity index (χ1) is 9.25. The van der Waals surface area contributed by atoms with E-state index in [0.29, 0.717) is 0 Å². The number of nitrogens with one attached hydrogen (secondary N) is 2. The first kappa shape index (κ1) is 16.0. The van der Waals surface area contributed by atoms with E-state index in [2.05, 4.69) is 15.9 Å². The van der Waals surface area contributed by atoms with Crippen LogP contribution >= 0.6 is 15.9 Å². The maximum Gasteiger partial charge on any atom is 0.418 e. The van der Waals surface area contributed by atoms with Crippen LogP contribution in [0.1, 0.15) is 5.56 Å². The van der Waals surface area contributed by atoms with Gasteiger partial charge in [-0.15, -0.1) is 0 Å². The number of alkyl halides is 3. The van der Waals surface area contributed by atoms with Crippen LogP contribution in [0.4, 0.5) is 18.9 Å². The first-order valence-corrected chi connectivity index (χ1v) is 5.88. The number of nitrogens with zero attached hydrogens (tertiary/aromatic N) is 1. The maximum absolute atomic E-state index is 12.8. The van der Waals surface area contributed by atoms with Gasteiger partial charge in [0, 0.05) is 4.47 Å². The molecule has 2 amide bonds. The number of hydrogen-bond acceptors (Lipinski definition) is 3. The molecule has 9 heteroatoms. The van der Waals surface area contributed by atoms with Crippen LogP contribution in [0.5, 0.6) is 0 Å². The van der Waals surface area contributed by atoms with E-state index in [1.807, 2.05) is 10.6 Å². The Balaban J connectivity index is 2.96. The van der Waals surface area contributed by atoms with Crippen LogP contribution in [-0.2, 0) is 15.8 Å². The van der Waals surface area contributed by atoms with Crippen LogP contribution in [0, 0.1) is 11.3 Å². The van der Waals surface area contributed by atoms with Crippen LogP contribution in [0.2, 0.25) is 0 Å². The van der Waals surface area contributed by atoms with E-state index >= 15 is 0 Å². The minimum Gasteiger partial charge on any atom is -0.335 e. The normalized spacial score (nSPS) is 10.6. The van der Waals surface area contributed by atoms with Crippen molar-refractivity contribution >= 4 is 33.4 Å². The van der Waals surface area contributed by atoms with Crippen molar-refractivity contribution in [2.75, 3.05) is 11.9 Å². The number of carbonyl (C=O) groups is 2. The third-order valence-electron chi connectivity index (χ3n) is 2.07. The molecule has 0 saturated heterocycles. The van der Waals surface area contributed by atoms with Gasteiger partial charge in [-0.3, -0.25) is 9.59 Å². The summed E-state index contributed by atoms with van der Waals surface area (Å²) in [6, 6.07) is 4.65. The van der Waals surface area contributed by atoms with E-state index in [-0.39, 0.29) is 4.47 Å². The molecule has 0 saturated carbocycles. The first-order valence-electron chi connectivity index (χ1n) is 5.08. The number of rotatable bonds is 2. The molecule has 0 aliphatic rings. The van der Waals surface area contributed by atoms with Crippen molar-refractivity contribution in [2.45, 2.75) is 6.18 Å². The zero-order valence-electron chi connectivity index (χ0n) is 9.71. The minimum atomic E-state index is -4.68. The minimum absolute atomic E-state index is 0.178. The highest BCUT2D eigenvalue weighted by Crippen LogP contribution is 2.36. The SMILES string of the molecule is N#CCNC(=O)C(=O)Nc1ccc(Br)cc1C(F)(F)F. The molecule has 0 aromatic heterocycles. The van der Waals surface area contributed by atoms with Crippen molar-refractivity contribution in [3.05, 3.63) is 28.2 Å². The van der Waals surface area contributed by atoms with E-state index in [9.17, 15) is 22.8 Å². The quantitative estimate of drug-likeness (QED) is 0.633. The third kappa shape index (κ3) is 4.24. The Bertz CT molecular complexity index is 581. The molecule has 2 N–H and O–H groups in total. The van der Waals surface area contributed by atoms with E-state index in [4.69, 9.17) is 5.26 Å². The van der Waals surface area contributed by atoms with E-state index in [1.165, 1.54) is 6.07 Å². The molecular formula is C11H7BrF3N3O2. The summed E-state index contributed by atoms with van der Waals surface area (Å²) < 4.78 is 38.5. The van der Waals surface area contributed by atoms with Crippen LogP contribution in [0.25, 0.3) is 0 Å². The summed E-state index contributed by atoms with van der Waals surface area (Å²) in [5.41, 5.74) is -1.63. The van der Waals surface area contributed by atoms with E-state index in [1.54, 1.807) is 6.07 Å². The lowest BCUT2D eigenvalue weighted by atomic mass is 10.1. The second-order valence-electron chi connectivity index (χ2n) is 3.48. The summed E-state index contributed by atoms with van der Waals surface area (Å²) in [5, 5.41) is 12.0. The lowest BCUT2D eigenvalue weighted by Gasteiger charge is -2.13. The van der Waals surface area contributed by atoms with Gasteiger partial charge in [0.25, 0.3) is 0 Å². The molecule has 0 radical (unpaired) electrons. The monoisotopic (exact) mass is 349 g/mol. The Morgan fingerprint density at radius 3 is 2.50 bits per heavy atom. The predicted octanol–water partition coefficient (Wildman–Crippen LogP) is 2.05. The fraction of sp³-hybridized carbons (Fsp3) is 0.182. The number of nitriles is 1. The average molecular weight is 350 g/mol. The number of benzene rings is 1. The molecule has 1 aromatic rings. The Hall–Kier alpha value is -2.08. The summed E-state index contributed by atoms with van der Waals surface area (Å²) in [4.78, 5) is 22.5. The Morgan fingerprint density at radius 1 is 1.30 bits per heavy atom. The molecule has 20 heavy (non-hydrogen) atoms. The van der Waals surface area contributed by atoms with Crippen LogP contribution in [-0.4, -0.2) is 18.4 Å².